The number of benzene rings is 1. The molecule has 4 nitrogen and oxygen atoms in total. The summed E-state index contributed by atoms with van der Waals surface area (Å²) >= 11 is 0. The lowest BCUT2D eigenvalue weighted by molar-refractivity contribution is -0.784. The van der Waals surface area contributed by atoms with Gasteiger partial charge in [-0.2, -0.15) is 0 Å². The van der Waals surface area contributed by atoms with Gasteiger partial charge in [0.2, 0.25) is 12.8 Å². The first kappa shape index (κ1) is 12.1. The van der Waals surface area contributed by atoms with E-state index in [2.05, 4.69) is 0 Å². The summed E-state index contributed by atoms with van der Waals surface area (Å²) in [4.78, 5) is 0. The summed E-state index contributed by atoms with van der Waals surface area (Å²) in [6.45, 7) is 0.471. The largest absolute Gasteiger partial charge is 0.356 e. The molecule has 1 aromatic rings. The smallest absolute Gasteiger partial charge is 0.221 e. The number of hydrogen-bond donors (Lipinski definition) is 1. The minimum Gasteiger partial charge on any atom is -0.356 e. The van der Waals surface area contributed by atoms with Crippen LogP contribution in [-0.2, 0) is 16.0 Å². The van der Waals surface area contributed by atoms with Crippen LogP contribution in [0.15, 0.2) is 30.3 Å². The van der Waals surface area contributed by atoms with Gasteiger partial charge in [-0.1, -0.05) is 30.3 Å². The third-order valence-corrected chi connectivity index (χ3v) is 2.80. The van der Waals surface area contributed by atoms with Gasteiger partial charge >= 0.3 is 0 Å². The van der Waals surface area contributed by atoms with E-state index in [4.69, 9.17) is 9.47 Å². The summed E-state index contributed by atoms with van der Waals surface area (Å²) in [5.74, 6) is 0. The SMILES string of the molecule is CO[C@H]1CC[C@@H](/C=[N+](/O)Cc2ccccc2)O1. The molecule has 1 aromatic carbocycles. The fourth-order valence-electron chi connectivity index (χ4n) is 1.93. The van der Waals surface area contributed by atoms with Crippen LogP contribution in [0.1, 0.15) is 18.4 Å². The molecule has 2 rings (SSSR count). The van der Waals surface area contributed by atoms with Crippen molar-refractivity contribution < 1.29 is 19.4 Å². The number of ether oxygens (including phenoxy) is 2. The minimum absolute atomic E-state index is 0.0614. The molecule has 1 heterocycles. The van der Waals surface area contributed by atoms with E-state index in [-0.39, 0.29) is 12.4 Å². The maximum atomic E-state index is 9.78. The molecule has 1 saturated heterocycles. The van der Waals surface area contributed by atoms with E-state index in [0.29, 0.717) is 6.54 Å². The molecule has 0 aromatic heterocycles. The summed E-state index contributed by atoms with van der Waals surface area (Å²) in [7, 11) is 1.63. The van der Waals surface area contributed by atoms with Gasteiger partial charge in [-0.05, 0) is 11.2 Å². The van der Waals surface area contributed by atoms with Crippen LogP contribution in [0.3, 0.4) is 0 Å². The second kappa shape index (κ2) is 5.80. The van der Waals surface area contributed by atoms with E-state index in [1.54, 1.807) is 13.3 Å². The number of methoxy groups -OCH3 is 1. The summed E-state index contributed by atoms with van der Waals surface area (Å²) in [5, 5.41) is 9.78. The van der Waals surface area contributed by atoms with Crippen molar-refractivity contribution in [1.29, 1.82) is 0 Å². The molecule has 0 radical (unpaired) electrons. The molecule has 17 heavy (non-hydrogen) atoms. The molecule has 1 N–H and O–H groups in total. The topological polar surface area (TPSA) is 41.7 Å². The maximum Gasteiger partial charge on any atom is 0.221 e. The van der Waals surface area contributed by atoms with Crippen LogP contribution in [-0.4, -0.2) is 35.7 Å². The molecule has 92 valence electrons. The van der Waals surface area contributed by atoms with Crippen molar-refractivity contribution in [3.63, 3.8) is 0 Å². The first-order chi connectivity index (χ1) is 8.28. The Bertz CT molecular complexity index is 378. The van der Waals surface area contributed by atoms with Gasteiger partial charge in [-0.3, -0.25) is 5.21 Å². The average Bonchev–Trinajstić information content (AvgIpc) is 2.78. The van der Waals surface area contributed by atoms with Crippen molar-refractivity contribution in [1.82, 2.24) is 0 Å². The predicted molar refractivity (Wildman–Crippen MR) is 63.2 cm³/mol. The average molecular weight is 236 g/mol. The molecule has 1 aliphatic heterocycles. The van der Waals surface area contributed by atoms with Crippen molar-refractivity contribution >= 4 is 6.21 Å². The van der Waals surface area contributed by atoms with Crippen LogP contribution in [0.25, 0.3) is 0 Å². The molecular formula is C13H18NO3+. The first-order valence-electron chi connectivity index (χ1n) is 5.80. The Hall–Kier alpha value is -1.39. The zero-order valence-corrected chi connectivity index (χ0v) is 9.95. The summed E-state index contributed by atoms with van der Waals surface area (Å²) in [6.07, 6.45) is 3.25. The van der Waals surface area contributed by atoms with Gasteiger partial charge in [0, 0.05) is 19.1 Å². The molecule has 0 aliphatic carbocycles. The monoisotopic (exact) mass is 236 g/mol. The van der Waals surface area contributed by atoms with E-state index in [0.717, 1.165) is 18.4 Å². The molecule has 1 fully saturated rings. The third-order valence-electron chi connectivity index (χ3n) is 2.80. The highest BCUT2D eigenvalue weighted by Gasteiger charge is 2.26. The lowest BCUT2D eigenvalue weighted by Crippen LogP contribution is -2.20. The Morgan fingerprint density at radius 3 is 2.82 bits per heavy atom. The Labute approximate surface area is 101 Å². The van der Waals surface area contributed by atoms with Crippen molar-refractivity contribution in [3.8, 4) is 0 Å². The quantitative estimate of drug-likeness (QED) is 0.375. The molecule has 0 bridgehead atoms. The van der Waals surface area contributed by atoms with Gasteiger partial charge in [-0.25, -0.2) is 0 Å². The number of rotatable bonds is 4. The molecule has 0 saturated carbocycles. The summed E-state index contributed by atoms with van der Waals surface area (Å²) in [5.41, 5.74) is 1.06. The van der Waals surface area contributed by atoms with Crippen LogP contribution in [0.2, 0.25) is 0 Å². The Morgan fingerprint density at radius 1 is 1.41 bits per heavy atom. The van der Waals surface area contributed by atoms with Crippen LogP contribution < -0.4 is 0 Å². The van der Waals surface area contributed by atoms with Crippen LogP contribution >= 0.6 is 0 Å². The zero-order valence-electron chi connectivity index (χ0n) is 9.95. The number of hydrogen-bond acceptors (Lipinski definition) is 3. The summed E-state index contributed by atoms with van der Waals surface area (Å²) < 4.78 is 11.8. The van der Waals surface area contributed by atoms with Crippen molar-refractivity contribution in [2.75, 3.05) is 7.11 Å². The maximum absolute atomic E-state index is 9.78. The van der Waals surface area contributed by atoms with Crippen LogP contribution in [0.5, 0.6) is 0 Å². The first-order valence-corrected chi connectivity index (χ1v) is 5.80. The fourth-order valence-corrected chi connectivity index (χ4v) is 1.93. The highest BCUT2D eigenvalue weighted by molar-refractivity contribution is 5.57. The Morgan fingerprint density at radius 2 is 2.18 bits per heavy atom. The van der Waals surface area contributed by atoms with Crippen molar-refractivity contribution in [2.45, 2.75) is 31.8 Å². The van der Waals surface area contributed by atoms with E-state index < -0.39 is 0 Å². The standard InChI is InChI=1S/C13H18NO3/c1-16-13-8-7-12(17-13)10-14(15)9-11-5-3-2-4-6-11/h2-6,10,12-13,15H,7-9H2,1H3/q+1/b14-10+/t12-,13+/m0/s1. The highest BCUT2D eigenvalue weighted by atomic mass is 16.7. The third kappa shape index (κ3) is 3.54. The molecule has 1 aliphatic rings. The molecule has 0 spiro atoms. The molecular weight excluding hydrogens is 218 g/mol. The van der Waals surface area contributed by atoms with Gasteiger partial charge in [0.25, 0.3) is 0 Å². The van der Waals surface area contributed by atoms with E-state index in [9.17, 15) is 5.21 Å². The summed E-state index contributed by atoms with van der Waals surface area (Å²) in [6, 6.07) is 9.82. The lowest BCUT2D eigenvalue weighted by Gasteiger charge is -2.06. The van der Waals surface area contributed by atoms with E-state index >= 15 is 0 Å². The highest BCUT2D eigenvalue weighted by Crippen LogP contribution is 2.18. The van der Waals surface area contributed by atoms with Gasteiger partial charge in [0.15, 0.2) is 6.29 Å². The van der Waals surface area contributed by atoms with Crippen molar-refractivity contribution in [3.05, 3.63) is 35.9 Å². The van der Waals surface area contributed by atoms with E-state index in [1.807, 2.05) is 30.3 Å². The molecule has 4 heteroatoms. The van der Waals surface area contributed by atoms with Gasteiger partial charge < -0.3 is 9.47 Å². The molecule has 0 unspecified atom stereocenters. The second-order valence-corrected chi connectivity index (χ2v) is 4.15. The second-order valence-electron chi connectivity index (χ2n) is 4.15. The van der Waals surface area contributed by atoms with Gasteiger partial charge in [0.05, 0.1) is 0 Å². The lowest BCUT2D eigenvalue weighted by atomic mass is 10.2. The number of hydroxylamine groups is 1. The minimum atomic E-state index is -0.138. The number of nitrogens with zero attached hydrogens (tertiary/aromatic N) is 1. The fraction of sp³-hybridized carbons (Fsp3) is 0.462. The van der Waals surface area contributed by atoms with Crippen LogP contribution in [0, 0.1) is 0 Å². The van der Waals surface area contributed by atoms with Gasteiger partial charge in [-0.15, -0.1) is 0 Å². The molecule has 0 amide bonds. The van der Waals surface area contributed by atoms with Crippen LogP contribution in [0.4, 0.5) is 0 Å². The Balaban J connectivity index is 1.90. The van der Waals surface area contributed by atoms with Gasteiger partial charge in [0.1, 0.15) is 6.10 Å². The Kier molecular flexibility index (Phi) is 4.12. The zero-order chi connectivity index (χ0) is 12.1. The normalized spacial score (nSPS) is 25.1. The predicted octanol–water partition coefficient (Wildman–Crippen LogP) is 1.81. The molecule has 2 atom stereocenters. The van der Waals surface area contributed by atoms with Crippen molar-refractivity contribution in [2.24, 2.45) is 0 Å². The van der Waals surface area contributed by atoms with E-state index in [1.165, 1.54) is 4.74 Å².